The van der Waals surface area contributed by atoms with E-state index in [4.69, 9.17) is 9.26 Å². The highest BCUT2D eigenvalue weighted by Crippen LogP contribution is 2.14. The number of rotatable bonds is 8. The Morgan fingerprint density at radius 1 is 1.32 bits per heavy atom. The topological polar surface area (TPSA) is 62.9 Å². The summed E-state index contributed by atoms with van der Waals surface area (Å²) in [4.78, 5) is 6.67. The first-order chi connectivity index (χ1) is 12.1. The molecule has 0 radical (unpaired) electrons. The molecule has 1 N–H and O–H groups in total. The van der Waals surface area contributed by atoms with Crippen molar-refractivity contribution in [1.29, 1.82) is 0 Å². The predicted molar refractivity (Wildman–Crippen MR) is 100.0 cm³/mol. The number of guanidine groups is 1. The Balaban J connectivity index is 1.88. The first kappa shape index (κ1) is 18.8. The number of likely N-dealkylation sites (N-methyl/N-ethyl adjacent to an activating group) is 1. The smallest absolute Gasteiger partial charge is 0.194 e. The van der Waals surface area contributed by atoms with Crippen LogP contribution in [0.15, 0.2) is 45.9 Å². The second-order valence-corrected chi connectivity index (χ2v) is 6.13. The van der Waals surface area contributed by atoms with Crippen molar-refractivity contribution < 1.29 is 9.26 Å². The summed E-state index contributed by atoms with van der Waals surface area (Å²) in [5.74, 6) is 2.82. The fourth-order valence-electron chi connectivity index (χ4n) is 2.22. The Kier molecular flexibility index (Phi) is 7.32. The van der Waals surface area contributed by atoms with Crippen LogP contribution in [0, 0.1) is 0 Å². The number of aliphatic imine (C=N–C) groups is 1. The molecule has 1 heterocycles. The number of benzene rings is 1. The molecule has 2 aromatic rings. The minimum atomic E-state index is 0.354. The average molecular weight is 344 g/mol. The van der Waals surface area contributed by atoms with Gasteiger partial charge in [-0.2, -0.15) is 0 Å². The summed E-state index contributed by atoms with van der Waals surface area (Å²) in [6.07, 6.45) is 0. The molecule has 0 bridgehead atoms. The van der Waals surface area contributed by atoms with Crippen LogP contribution in [-0.4, -0.2) is 42.8 Å². The third kappa shape index (κ3) is 6.14. The summed E-state index contributed by atoms with van der Waals surface area (Å²) in [5.41, 5.74) is 0.958. The maximum absolute atomic E-state index is 5.74. The second-order valence-electron chi connectivity index (χ2n) is 6.13. The highest BCUT2D eigenvalue weighted by Gasteiger charge is 2.09. The van der Waals surface area contributed by atoms with Crippen LogP contribution in [0.5, 0.6) is 5.75 Å². The standard InChI is InChI=1S/C19H28N4O2/c1-5-20-19(21-14-17-13-18(15(2)3)22-25-17)23(4)11-12-24-16-9-7-6-8-10-16/h6-10,13,15H,5,11-12,14H2,1-4H3,(H,20,21). The lowest BCUT2D eigenvalue weighted by molar-refractivity contribution is 0.281. The highest BCUT2D eigenvalue weighted by atomic mass is 16.5. The molecule has 0 saturated carbocycles. The zero-order chi connectivity index (χ0) is 18.1. The molecule has 25 heavy (non-hydrogen) atoms. The molecule has 0 atom stereocenters. The van der Waals surface area contributed by atoms with Gasteiger partial charge in [0, 0.05) is 19.7 Å². The molecule has 136 valence electrons. The minimum absolute atomic E-state index is 0.354. The van der Waals surface area contributed by atoms with Crippen LogP contribution >= 0.6 is 0 Å². The van der Waals surface area contributed by atoms with E-state index in [1.807, 2.05) is 48.3 Å². The molecular weight excluding hydrogens is 316 g/mol. The van der Waals surface area contributed by atoms with Crippen LogP contribution in [0.4, 0.5) is 0 Å². The molecule has 0 aliphatic carbocycles. The van der Waals surface area contributed by atoms with Crippen molar-refractivity contribution in [3.8, 4) is 5.75 Å². The van der Waals surface area contributed by atoms with Crippen LogP contribution in [0.25, 0.3) is 0 Å². The number of ether oxygens (including phenoxy) is 1. The number of para-hydroxylation sites is 1. The normalized spacial score (nSPS) is 11.6. The molecule has 1 aromatic carbocycles. The van der Waals surface area contributed by atoms with Gasteiger partial charge in [-0.3, -0.25) is 0 Å². The van der Waals surface area contributed by atoms with E-state index in [0.717, 1.165) is 36.3 Å². The van der Waals surface area contributed by atoms with Gasteiger partial charge in [-0.25, -0.2) is 4.99 Å². The van der Waals surface area contributed by atoms with E-state index >= 15 is 0 Å². The third-order valence-corrected chi connectivity index (χ3v) is 3.69. The Morgan fingerprint density at radius 2 is 2.08 bits per heavy atom. The van der Waals surface area contributed by atoms with Crippen molar-refractivity contribution in [2.45, 2.75) is 33.2 Å². The molecule has 0 saturated heterocycles. The molecule has 0 aliphatic rings. The van der Waals surface area contributed by atoms with Crippen molar-refractivity contribution in [2.75, 3.05) is 26.7 Å². The lowest BCUT2D eigenvalue weighted by Crippen LogP contribution is -2.40. The lowest BCUT2D eigenvalue weighted by Gasteiger charge is -2.22. The van der Waals surface area contributed by atoms with Gasteiger partial charge in [0.1, 0.15) is 18.9 Å². The lowest BCUT2D eigenvalue weighted by atomic mass is 10.1. The Bertz CT molecular complexity index is 652. The quantitative estimate of drug-likeness (QED) is 0.588. The first-order valence-corrected chi connectivity index (χ1v) is 8.73. The fraction of sp³-hybridized carbons (Fsp3) is 0.474. The monoisotopic (exact) mass is 344 g/mol. The van der Waals surface area contributed by atoms with Crippen LogP contribution in [0.3, 0.4) is 0 Å². The van der Waals surface area contributed by atoms with Gasteiger partial charge in [0.15, 0.2) is 11.7 Å². The van der Waals surface area contributed by atoms with Gasteiger partial charge in [0.25, 0.3) is 0 Å². The summed E-state index contributed by atoms with van der Waals surface area (Å²) in [5, 5.41) is 7.36. The Labute approximate surface area is 149 Å². The average Bonchev–Trinajstić information content (AvgIpc) is 3.08. The SMILES string of the molecule is CCNC(=NCc1cc(C(C)C)no1)N(C)CCOc1ccccc1. The van der Waals surface area contributed by atoms with Crippen LogP contribution in [-0.2, 0) is 6.54 Å². The molecule has 0 aliphatic heterocycles. The van der Waals surface area contributed by atoms with Gasteiger partial charge < -0.3 is 19.5 Å². The van der Waals surface area contributed by atoms with Gasteiger partial charge in [-0.1, -0.05) is 37.2 Å². The molecule has 6 nitrogen and oxygen atoms in total. The van der Waals surface area contributed by atoms with E-state index in [1.54, 1.807) is 0 Å². The number of hydrogen-bond donors (Lipinski definition) is 1. The van der Waals surface area contributed by atoms with Crippen molar-refractivity contribution in [3.05, 3.63) is 47.9 Å². The van der Waals surface area contributed by atoms with E-state index in [9.17, 15) is 0 Å². The summed E-state index contributed by atoms with van der Waals surface area (Å²) >= 11 is 0. The Morgan fingerprint density at radius 3 is 2.72 bits per heavy atom. The highest BCUT2D eigenvalue weighted by molar-refractivity contribution is 5.79. The van der Waals surface area contributed by atoms with Crippen LogP contribution in [0.1, 0.15) is 38.1 Å². The third-order valence-electron chi connectivity index (χ3n) is 3.69. The van der Waals surface area contributed by atoms with Crippen molar-refractivity contribution in [3.63, 3.8) is 0 Å². The van der Waals surface area contributed by atoms with E-state index in [2.05, 4.69) is 36.2 Å². The molecule has 0 unspecified atom stereocenters. The van der Waals surface area contributed by atoms with E-state index in [0.29, 0.717) is 19.1 Å². The number of nitrogens with one attached hydrogen (secondary N) is 1. The summed E-state index contributed by atoms with van der Waals surface area (Å²) < 4.78 is 11.1. The number of hydrogen-bond acceptors (Lipinski definition) is 4. The number of nitrogens with zero attached hydrogens (tertiary/aromatic N) is 3. The summed E-state index contributed by atoms with van der Waals surface area (Å²) in [6.45, 7) is 8.82. The molecule has 6 heteroatoms. The maximum atomic E-state index is 5.74. The minimum Gasteiger partial charge on any atom is -0.492 e. The second kappa shape index (κ2) is 9.71. The molecule has 1 aromatic heterocycles. The van der Waals surface area contributed by atoms with E-state index in [1.165, 1.54) is 0 Å². The van der Waals surface area contributed by atoms with E-state index < -0.39 is 0 Å². The zero-order valence-electron chi connectivity index (χ0n) is 15.5. The van der Waals surface area contributed by atoms with Crippen molar-refractivity contribution in [2.24, 2.45) is 4.99 Å². The molecule has 0 fully saturated rings. The molecule has 2 rings (SSSR count). The van der Waals surface area contributed by atoms with Crippen molar-refractivity contribution in [1.82, 2.24) is 15.4 Å². The number of aromatic nitrogens is 1. The van der Waals surface area contributed by atoms with Crippen LogP contribution < -0.4 is 10.1 Å². The van der Waals surface area contributed by atoms with Gasteiger partial charge in [0.05, 0.1) is 12.2 Å². The van der Waals surface area contributed by atoms with Crippen molar-refractivity contribution >= 4 is 5.96 Å². The predicted octanol–water partition coefficient (Wildman–Crippen LogP) is 3.27. The maximum Gasteiger partial charge on any atom is 0.194 e. The summed E-state index contributed by atoms with van der Waals surface area (Å²) in [6, 6.07) is 11.8. The summed E-state index contributed by atoms with van der Waals surface area (Å²) in [7, 11) is 2.00. The van der Waals surface area contributed by atoms with Crippen LogP contribution in [0.2, 0.25) is 0 Å². The largest absolute Gasteiger partial charge is 0.492 e. The van der Waals surface area contributed by atoms with Gasteiger partial charge in [-0.15, -0.1) is 0 Å². The van der Waals surface area contributed by atoms with E-state index in [-0.39, 0.29) is 0 Å². The zero-order valence-corrected chi connectivity index (χ0v) is 15.5. The Hall–Kier alpha value is -2.50. The van der Waals surface area contributed by atoms with Gasteiger partial charge in [-0.05, 0) is 25.0 Å². The fourth-order valence-corrected chi connectivity index (χ4v) is 2.22. The molecule has 0 spiro atoms. The van der Waals surface area contributed by atoms with Gasteiger partial charge in [0.2, 0.25) is 0 Å². The van der Waals surface area contributed by atoms with Gasteiger partial charge >= 0.3 is 0 Å². The molecular formula is C19H28N4O2. The first-order valence-electron chi connectivity index (χ1n) is 8.73. The molecule has 0 amide bonds.